The third-order valence-electron chi connectivity index (χ3n) is 2.52. The smallest absolute Gasteiger partial charge is 0.255 e. The van der Waals surface area contributed by atoms with Crippen molar-refractivity contribution in [3.63, 3.8) is 0 Å². The first-order chi connectivity index (χ1) is 7.77. The zero-order chi connectivity index (χ0) is 11.4. The van der Waals surface area contributed by atoms with Crippen LogP contribution in [0.15, 0.2) is 35.2 Å². The summed E-state index contributed by atoms with van der Waals surface area (Å²) >= 11 is 1.27. The number of rotatable bonds is 5. The summed E-state index contributed by atoms with van der Waals surface area (Å²) in [6.45, 7) is 0. The first-order valence-corrected chi connectivity index (χ1v) is 5.82. The van der Waals surface area contributed by atoms with Crippen LogP contribution in [0, 0.1) is 0 Å². The van der Waals surface area contributed by atoms with Gasteiger partial charge in [0.25, 0.3) is 5.91 Å². The van der Waals surface area contributed by atoms with Crippen LogP contribution in [-0.4, -0.2) is 17.9 Å². The first kappa shape index (κ1) is 11.0. The van der Waals surface area contributed by atoms with E-state index in [4.69, 9.17) is 0 Å². The van der Waals surface area contributed by atoms with Crippen molar-refractivity contribution in [3.05, 3.63) is 30.3 Å². The van der Waals surface area contributed by atoms with Gasteiger partial charge in [-0.05, 0) is 36.9 Å². The van der Waals surface area contributed by atoms with Gasteiger partial charge in [0, 0.05) is 4.90 Å². The molecule has 0 saturated heterocycles. The Kier molecular flexibility index (Phi) is 3.14. The molecule has 0 unspecified atom stereocenters. The van der Waals surface area contributed by atoms with E-state index >= 15 is 0 Å². The Labute approximate surface area is 97.9 Å². The fraction of sp³-hybridized carbons (Fsp3) is 0.273. The van der Waals surface area contributed by atoms with Crippen LogP contribution in [0.1, 0.15) is 12.8 Å². The van der Waals surface area contributed by atoms with Crippen molar-refractivity contribution in [3.8, 4) is 0 Å². The second kappa shape index (κ2) is 4.57. The Morgan fingerprint density at radius 1 is 1.31 bits per heavy atom. The summed E-state index contributed by atoms with van der Waals surface area (Å²) in [5.41, 5.74) is -0.649. The highest BCUT2D eigenvalue weighted by atomic mass is 32.2. The minimum atomic E-state index is -0.649. The van der Waals surface area contributed by atoms with Gasteiger partial charge in [0.1, 0.15) is 5.54 Å². The summed E-state index contributed by atoms with van der Waals surface area (Å²) in [7, 11) is 0. The average molecular weight is 236 g/mol. The zero-order valence-electron chi connectivity index (χ0n) is 8.60. The molecule has 1 aromatic carbocycles. The van der Waals surface area contributed by atoms with Crippen LogP contribution >= 0.6 is 11.9 Å². The van der Waals surface area contributed by atoms with Crippen molar-refractivity contribution in [2.75, 3.05) is 0 Å². The van der Waals surface area contributed by atoms with Crippen molar-refractivity contribution >= 4 is 24.3 Å². The molecule has 1 fully saturated rings. The summed E-state index contributed by atoms with van der Waals surface area (Å²) in [6.07, 6.45) is 2.01. The Morgan fingerprint density at radius 3 is 2.56 bits per heavy atom. The molecule has 5 heteroatoms. The van der Waals surface area contributed by atoms with Gasteiger partial charge in [-0.3, -0.25) is 14.3 Å². The maximum absolute atomic E-state index is 11.7. The molecule has 0 radical (unpaired) electrons. The normalized spacial score (nSPS) is 16.2. The second-order valence-corrected chi connectivity index (χ2v) is 4.57. The lowest BCUT2D eigenvalue weighted by molar-refractivity contribution is -0.124. The van der Waals surface area contributed by atoms with E-state index in [1.807, 2.05) is 30.3 Å². The highest BCUT2D eigenvalue weighted by molar-refractivity contribution is 7.98. The lowest BCUT2D eigenvalue weighted by atomic mass is 10.3. The topological polar surface area (TPSA) is 58.2 Å². The molecule has 1 saturated carbocycles. The van der Waals surface area contributed by atoms with Gasteiger partial charge in [-0.2, -0.15) is 0 Å². The molecule has 2 rings (SSSR count). The molecule has 0 bridgehead atoms. The van der Waals surface area contributed by atoms with Crippen molar-refractivity contribution in [1.82, 2.24) is 10.0 Å². The standard InChI is InChI=1S/C11H12N2O2S/c14-8-12-11(6-7-11)10(15)13-16-9-4-2-1-3-5-9/h1-5,8H,6-7H2,(H,12,14)(H,13,15). The highest BCUT2D eigenvalue weighted by Crippen LogP contribution is 2.35. The van der Waals surface area contributed by atoms with E-state index in [0.717, 1.165) is 4.90 Å². The molecule has 16 heavy (non-hydrogen) atoms. The molecule has 4 nitrogen and oxygen atoms in total. The second-order valence-electron chi connectivity index (χ2n) is 3.69. The van der Waals surface area contributed by atoms with E-state index in [1.54, 1.807) is 0 Å². The number of carbonyl (C=O) groups excluding carboxylic acids is 2. The summed E-state index contributed by atoms with van der Waals surface area (Å²) in [5, 5.41) is 2.56. The van der Waals surface area contributed by atoms with Gasteiger partial charge in [0.05, 0.1) is 0 Å². The molecule has 0 heterocycles. The molecule has 2 N–H and O–H groups in total. The molecule has 84 valence electrons. The SMILES string of the molecule is O=CNC1(C(=O)NSc2ccccc2)CC1. The number of hydrogen-bond donors (Lipinski definition) is 2. The van der Waals surface area contributed by atoms with Gasteiger partial charge in [-0.15, -0.1) is 0 Å². The van der Waals surface area contributed by atoms with Crippen LogP contribution in [0.2, 0.25) is 0 Å². The van der Waals surface area contributed by atoms with Crippen LogP contribution in [0.3, 0.4) is 0 Å². The van der Waals surface area contributed by atoms with Gasteiger partial charge < -0.3 is 5.32 Å². The number of benzene rings is 1. The summed E-state index contributed by atoms with van der Waals surface area (Å²) in [6, 6.07) is 9.56. The van der Waals surface area contributed by atoms with Crippen molar-refractivity contribution in [2.45, 2.75) is 23.3 Å². The van der Waals surface area contributed by atoms with E-state index in [1.165, 1.54) is 11.9 Å². The maximum atomic E-state index is 11.7. The lowest BCUT2D eigenvalue weighted by Gasteiger charge is -2.13. The molecule has 1 aliphatic rings. The number of hydrogen-bond acceptors (Lipinski definition) is 3. The van der Waals surface area contributed by atoms with E-state index in [-0.39, 0.29) is 5.91 Å². The minimum absolute atomic E-state index is 0.131. The molecular formula is C11H12N2O2S. The monoisotopic (exact) mass is 236 g/mol. The van der Waals surface area contributed by atoms with Crippen LogP contribution in [0.5, 0.6) is 0 Å². The van der Waals surface area contributed by atoms with Crippen molar-refractivity contribution < 1.29 is 9.59 Å². The molecule has 0 atom stereocenters. The lowest BCUT2D eigenvalue weighted by Crippen LogP contribution is -2.43. The fourth-order valence-corrected chi connectivity index (χ4v) is 2.07. The molecule has 0 aliphatic heterocycles. The number of amides is 2. The van der Waals surface area contributed by atoms with E-state index in [2.05, 4.69) is 10.0 Å². The first-order valence-electron chi connectivity index (χ1n) is 5.00. The largest absolute Gasteiger partial charge is 0.344 e. The summed E-state index contributed by atoms with van der Waals surface area (Å²) in [5.74, 6) is -0.131. The Hall–Kier alpha value is -1.49. The maximum Gasteiger partial charge on any atom is 0.255 e. The predicted molar refractivity (Wildman–Crippen MR) is 61.6 cm³/mol. The molecule has 0 aromatic heterocycles. The Morgan fingerprint density at radius 2 is 2.00 bits per heavy atom. The summed E-state index contributed by atoms with van der Waals surface area (Å²) < 4.78 is 2.74. The third-order valence-corrected chi connectivity index (χ3v) is 3.32. The van der Waals surface area contributed by atoms with Crippen molar-refractivity contribution in [2.24, 2.45) is 0 Å². The Bertz CT molecular complexity index is 390. The van der Waals surface area contributed by atoms with Gasteiger partial charge in [-0.25, -0.2) is 0 Å². The van der Waals surface area contributed by atoms with Gasteiger partial charge in [0.2, 0.25) is 6.41 Å². The third kappa shape index (κ3) is 2.36. The molecule has 1 aromatic rings. The van der Waals surface area contributed by atoms with Crippen LogP contribution in [0.25, 0.3) is 0 Å². The Balaban J connectivity index is 1.87. The van der Waals surface area contributed by atoms with Gasteiger partial charge >= 0.3 is 0 Å². The fourth-order valence-electron chi connectivity index (χ4n) is 1.37. The molecule has 2 amide bonds. The highest BCUT2D eigenvalue weighted by Gasteiger charge is 2.49. The van der Waals surface area contributed by atoms with Crippen molar-refractivity contribution in [1.29, 1.82) is 0 Å². The van der Waals surface area contributed by atoms with E-state index < -0.39 is 5.54 Å². The predicted octanol–water partition coefficient (Wildman–Crippen LogP) is 1.09. The molecular weight excluding hydrogens is 224 g/mol. The number of carbonyl (C=O) groups is 2. The molecule has 1 aliphatic carbocycles. The zero-order valence-corrected chi connectivity index (χ0v) is 9.42. The van der Waals surface area contributed by atoms with E-state index in [0.29, 0.717) is 19.3 Å². The van der Waals surface area contributed by atoms with Gasteiger partial charge in [0.15, 0.2) is 0 Å². The minimum Gasteiger partial charge on any atom is -0.344 e. The van der Waals surface area contributed by atoms with Gasteiger partial charge in [-0.1, -0.05) is 18.2 Å². The average Bonchev–Trinajstić information content (AvgIpc) is 3.09. The summed E-state index contributed by atoms with van der Waals surface area (Å²) in [4.78, 5) is 23.0. The molecule has 0 spiro atoms. The number of nitrogens with one attached hydrogen (secondary N) is 2. The van der Waals surface area contributed by atoms with E-state index in [9.17, 15) is 9.59 Å². The van der Waals surface area contributed by atoms with Crippen LogP contribution < -0.4 is 10.0 Å². The quantitative estimate of drug-likeness (QED) is 0.594. The van der Waals surface area contributed by atoms with Crippen LogP contribution in [-0.2, 0) is 9.59 Å². The van der Waals surface area contributed by atoms with Crippen LogP contribution in [0.4, 0.5) is 0 Å².